The second kappa shape index (κ2) is 8.10. The summed E-state index contributed by atoms with van der Waals surface area (Å²) in [5.74, 6) is -0.198. The molecule has 0 bridgehead atoms. The number of anilines is 1. The van der Waals surface area contributed by atoms with Crippen LogP contribution >= 0.6 is 11.6 Å². The summed E-state index contributed by atoms with van der Waals surface area (Å²) < 4.78 is 45.4. The Morgan fingerprint density at radius 2 is 1.79 bits per heavy atom. The maximum absolute atomic E-state index is 13.2. The van der Waals surface area contributed by atoms with Gasteiger partial charge in [0.15, 0.2) is 6.10 Å². The highest BCUT2D eigenvalue weighted by Crippen LogP contribution is 2.36. The molecule has 3 rings (SSSR count). The van der Waals surface area contributed by atoms with Crippen LogP contribution in [0.2, 0.25) is 5.02 Å². The second-order valence-electron chi connectivity index (χ2n) is 6.20. The smallest absolute Gasteiger partial charge is 0.418 e. The van der Waals surface area contributed by atoms with Gasteiger partial charge in [0.05, 0.1) is 11.3 Å². The number of rotatable bonds is 5. The van der Waals surface area contributed by atoms with E-state index in [2.05, 4.69) is 5.32 Å². The number of hydrogen-bond acceptors (Lipinski definition) is 2. The van der Waals surface area contributed by atoms with Crippen LogP contribution in [-0.4, -0.2) is 12.0 Å². The Morgan fingerprint density at radius 3 is 2.46 bits per heavy atom. The van der Waals surface area contributed by atoms with Gasteiger partial charge in [-0.15, -0.1) is 0 Å². The third kappa shape index (κ3) is 4.57. The van der Waals surface area contributed by atoms with Crippen LogP contribution in [-0.2, 0) is 11.0 Å². The number of carbonyl (C=O) groups excluding carboxylic acids is 1. The zero-order valence-corrected chi connectivity index (χ0v) is 15.6. The number of carbonyl (C=O) groups is 1. The molecule has 1 N–H and O–H groups in total. The molecule has 0 aliphatic carbocycles. The van der Waals surface area contributed by atoms with Crippen molar-refractivity contribution in [2.24, 2.45) is 0 Å². The first-order valence-corrected chi connectivity index (χ1v) is 8.99. The Balaban J connectivity index is 1.80. The zero-order chi connectivity index (χ0) is 20.3. The summed E-state index contributed by atoms with van der Waals surface area (Å²) in [5, 5.41) is 4.20. The summed E-state index contributed by atoms with van der Waals surface area (Å²) in [6.07, 6.45) is -5.31. The van der Waals surface area contributed by atoms with Crippen molar-refractivity contribution in [1.82, 2.24) is 0 Å². The molecule has 0 aliphatic heterocycles. The third-order valence-electron chi connectivity index (χ3n) is 4.21. The van der Waals surface area contributed by atoms with Gasteiger partial charge in [-0.1, -0.05) is 48.9 Å². The predicted octanol–water partition coefficient (Wildman–Crippen LogP) is 6.31. The van der Waals surface area contributed by atoms with Crippen molar-refractivity contribution in [2.45, 2.75) is 25.6 Å². The van der Waals surface area contributed by atoms with Gasteiger partial charge >= 0.3 is 6.18 Å². The van der Waals surface area contributed by atoms with Gasteiger partial charge in [0, 0.05) is 5.02 Å². The van der Waals surface area contributed by atoms with E-state index in [0.717, 1.165) is 22.9 Å². The first kappa shape index (κ1) is 20.0. The third-order valence-corrected chi connectivity index (χ3v) is 4.44. The Kier molecular flexibility index (Phi) is 5.79. The fraction of sp³-hybridized carbons (Fsp3) is 0.190. The van der Waals surface area contributed by atoms with E-state index in [0.29, 0.717) is 5.75 Å². The van der Waals surface area contributed by atoms with Crippen molar-refractivity contribution >= 4 is 34.0 Å². The lowest BCUT2D eigenvalue weighted by Crippen LogP contribution is -2.33. The van der Waals surface area contributed by atoms with Crippen molar-refractivity contribution < 1.29 is 22.7 Å². The molecule has 7 heteroatoms. The lowest BCUT2D eigenvalue weighted by molar-refractivity contribution is -0.137. The van der Waals surface area contributed by atoms with Crippen molar-refractivity contribution in [3.8, 4) is 5.75 Å². The molecular weight excluding hydrogens is 391 g/mol. The molecule has 28 heavy (non-hydrogen) atoms. The molecule has 1 atom stereocenters. The Morgan fingerprint density at radius 1 is 1.07 bits per heavy atom. The van der Waals surface area contributed by atoms with Crippen LogP contribution in [0.1, 0.15) is 18.9 Å². The summed E-state index contributed by atoms with van der Waals surface area (Å²) in [7, 11) is 0. The Hall–Kier alpha value is -2.73. The molecule has 146 valence electrons. The molecule has 0 spiro atoms. The highest BCUT2D eigenvalue weighted by atomic mass is 35.5. The van der Waals surface area contributed by atoms with Gasteiger partial charge < -0.3 is 10.1 Å². The van der Waals surface area contributed by atoms with Crippen molar-refractivity contribution in [3.63, 3.8) is 0 Å². The van der Waals surface area contributed by atoms with E-state index in [-0.39, 0.29) is 17.1 Å². The fourth-order valence-corrected chi connectivity index (χ4v) is 2.97. The van der Waals surface area contributed by atoms with Crippen LogP contribution < -0.4 is 10.1 Å². The minimum absolute atomic E-state index is 0.0650. The number of hydrogen-bond donors (Lipinski definition) is 1. The van der Waals surface area contributed by atoms with Gasteiger partial charge in [-0.3, -0.25) is 4.79 Å². The molecule has 1 unspecified atom stereocenters. The van der Waals surface area contributed by atoms with Gasteiger partial charge in [0.25, 0.3) is 5.91 Å². The topological polar surface area (TPSA) is 38.3 Å². The van der Waals surface area contributed by atoms with E-state index in [9.17, 15) is 18.0 Å². The summed E-state index contributed by atoms with van der Waals surface area (Å²) in [4.78, 5) is 12.5. The molecule has 0 radical (unpaired) electrons. The molecule has 0 fully saturated rings. The lowest BCUT2D eigenvalue weighted by Gasteiger charge is -2.19. The summed E-state index contributed by atoms with van der Waals surface area (Å²) in [6, 6.07) is 16.2. The Bertz CT molecular complexity index is 1000. The van der Waals surface area contributed by atoms with Gasteiger partial charge in [-0.2, -0.15) is 13.2 Å². The molecule has 0 heterocycles. The average molecular weight is 408 g/mol. The van der Waals surface area contributed by atoms with E-state index in [4.69, 9.17) is 16.3 Å². The van der Waals surface area contributed by atoms with Crippen LogP contribution in [0.15, 0.2) is 60.7 Å². The molecule has 0 aromatic heterocycles. The minimum atomic E-state index is -4.64. The fourth-order valence-electron chi connectivity index (χ4n) is 2.80. The normalized spacial score (nSPS) is 12.6. The molecule has 0 aliphatic rings. The van der Waals surface area contributed by atoms with Crippen molar-refractivity contribution in [1.29, 1.82) is 0 Å². The predicted molar refractivity (Wildman–Crippen MR) is 104 cm³/mol. The minimum Gasteiger partial charge on any atom is -0.481 e. The lowest BCUT2D eigenvalue weighted by atomic mass is 10.1. The quantitative estimate of drug-likeness (QED) is 0.538. The average Bonchev–Trinajstić information content (AvgIpc) is 2.66. The van der Waals surface area contributed by atoms with Crippen LogP contribution in [0.25, 0.3) is 10.8 Å². The number of ether oxygens (including phenoxy) is 1. The van der Waals surface area contributed by atoms with Crippen molar-refractivity contribution in [2.75, 3.05) is 5.32 Å². The second-order valence-corrected chi connectivity index (χ2v) is 6.64. The summed E-state index contributed by atoms with van der Waals surface area (Å²) in [5.41, 5.74) is -1.36. The molecule has 0 saturated heterocycles. The van der Waals surface area contributed by atoms with E-state index < -0.39 is 23.8 Å². The van der Waals surface area contributed by atoms with Crippen LogP contribution in [0.5, 0.6) is 5.75 Å². The van der Waals surface area contributed by atoms with Gasteiger partial charge in [0.2, 0.25) is 0 Å². The standard InChI is InChI=1S/C21H17ClF3NO2/c1-2-19(28-16-9-7-13-5-3-4-6-14(13)11-16)20(27)26-18-10-8-15(22)12-17(18)21(23,24)25/h3-12,19H,2H2,1H3,(H,26,27). The molecular formula is C21H17ClF3NO2. The SMILES string of the molecule is CCC(Oc1ccc2ccccc2c1)C(=O)Nc1ccc(Cl)cc1C(F)(F)F. The molecule has 1 amide bonds. The highest BCUT2D eigenvalue weighted by molar-refractivity contribution is 6.30. The maximum Gasteiger partial charge on any atom is 0.418 e. The number of benzene rings is 3. The summed E-state index contributed by atoms with van der Waals surface area (Å²) in [6.45, 7) is 1.72. The highest BCUT2D eigenvalue weighted by Gasteiger charge is 2.34. The molecule has 3 aromatic carbocycles. The van der Waals surface area contributed by atoms with Crippen LogP contribution in [0.3, 0.4) is 0 Å². The maximum atomic E-state index is 13.2. The van der Waals surface area contributed by atoms with Gasteiger partial charge in [-0.25, -0.2) is 0 Å². The number of nitrogens with one attached hydrogen (secondary N) is 1. The van der Waals surface area contributed by atoms with Crippen LogP contribution in [0.4, 0.5) is 18.9 Å². The number of alkyl halides is 3. The van der Waals surface area contributed by atoms with E-state index in [1.54, 1.807) is 19.1 Å². The van der Waals surface area contributed by atoms with Crippen molar-refractivity contribution in [3.05, 3.63) is 71.2 Å². The zero-order valence-electron chi connectivity index (χ0n) is 14.9. The Labute approximate surface area is 165 Å². The monoisotopic (exact) mass is 407 g/mol. The largest absolute Gasteiger partial charge is 0.481 e. The van der Waals surface area contributed by atoms with Gasteiger partial charge in [-0.05, 0) is 47.5 Å². The van der Waals surface area contributed by atoms with E-state index in [1.807, 2.05) is 30.3 Å². The number of fused-ring (bicyclic) bond motifs is 1. The molecule has 3 aromatic rings. The van der Waals surface area contributed by atoms with Crippen LogP contribution in [0, 0.1) is 0 Å². The molecule has 0 saturated carbocycles. The van der Waals surface area contributed by atoms with E-state index >= 15 is 0 Å². The number of amides is 1. The molecule has 3 nitrogen and oxygen atoms in total. The first-order valence-electron chi connectivity index (χ1n) is 8.61. The summed E-state index contributed by atoms with van der Waals surface area (Å²) >= 11 is 5.67. The number of halogens is 4. The first-order chi connectivity index (χ1) is 13.3. The van der Waals surface area contributed by atoms with Gasteiger partial charge in [0.1, 0.15) is 5.75 Å². The van der Waals surface area contributed by atoms with E-state index in [1.165, 1.54) is 6.07 Å².